The predicted octanol–water partition coefficient (Wildman–Crippen LogP) is 3.08. The van der Waals surface area contributed by atoms with Crippen LogP contribution in [0.2, 0.25) is 0 Å². The van der Waals surface area contributed by atoms with Crippen LogP contribution in [0, 0.1) is 13.8 Å². The number of allylic oxidation sites excluding steroid dienone is 1. The smallest absolute Gasteiger partial charge is 0.271 e. The summed E-state index contributed by atoms with van der Waals surface area (Å²) in [5.41, 5.74) is 4.74. The molecule has 0 bridgehead atoms. The first-order valence-corrected chi connectivity index (χ1v) is 9.73. The third-order valence-corrected chi connectivity index (χ3v) is 5.83. The number of hydrogen-bond donors (Lipinski definition) is 0. The number of benzene rings is 2. The Morgan fingerprint density at radius 2 is 1.89 bits per heavy atom. The average Bonchev–Trinajstić information content (AvgIpc) is 3.00. The molecule has 27 heavy (non-hydrogen) atoms. The monoisotopic (exact) mass is 375 g/mol. The molecule has 0 saturated carbocycles. The Balaban J connectivity index is 1.62. The average molecular weight is 375 g/mol. The molecule has 2 aromatic carbocycles. The van der Waals surface area contributed by atoms with E-state index in [9.17, 15) is 4.79 Å². The van der Waals surface area contributed by atoms with Gasteiger partial charge in [-0.25, -0.2) is 4.99 Å². The Hall–Kier alpha value is -2.92. The number of nitrogens with zero attached hydrogens (tertiary/aromatic N) is 3. The van der Waals surface area contributed by atoms with E-state index < -0.39 is 0 Å². The van der Waals surface area contributed by atoms with Gasteiger partial charge in [0.25, 0.3) is 5.56 Å². The number of aryl methyl sites for hydroxylation is 2. The highest BCUT2D eigenvalue weighted by Gasteiger charge is 2.16. The SMILES string of the molecule is Cc1ccc(N2CN=c3sc(=CC=Cc4ccccc4)c(=O)n3C2)cc1C. The topological polar surface area (TPSA) is 37.6 Å². The second kappa shape index (κ2) is 7.37. The molecule has 1 aromatic heterocycles. The van der Waals surface area contributed by atoms with Crippen LogP contribution in [0.4, 0.5) is 5.69 Å². The Morgan fingerprint density at radius 1 is 1.07 bits per heavy atom. The van der Waals surface area contributed by atoms with Crippen molar-refractivity contribution < 1.29 is 0 Å². The molecular formula is C22H21N3OS. The fourth-order valence-corrected chi connectivity index (χ4v) is 3.94. The summed E-state index contributed by atoms with van der Waals surface area (Å²) >= 11 is 1.45. The van der Waals surface area contributed by atoms with Crippen molar-refractivity contribution in [2.24, 2.45) is 4.99 Å². The highest BCUT2D eigenvalue weighted by Crippen LogP contribution is 2.19. The molecule has 1 aliphatic rings. The van der Waals surface area contributed by atoms with Gasteiger partial charge >= 0.3 is 0 Å². The largest absolute Gasteiger partial charge is 0.334 e. The zero-order valence-electron chi connectivity index (χ0n) is 15.4. The van der Waals surface area contributed by atoms with Crippen LogP contribution in [0.3, 0.4) is 0 Å². The van der Waals surface area contributed by atoms with E-state index in [1.165, 1.54) is 22.5 Å². The third-order valence-electron chi connectivity index (χ3n) is 4.77. The molecule has 0 fully saturated rings. The normalized spacial score (nSPS) is 14.4. The molecule has 5 heteroatoms. The molecule has 0 N–H and O–H groups in total. The lowest BCUT2D eigenvalue weighted by Gasteiger charge is -2.26. The maximum Gasteiger partial charge on any atom is 0.271 e. The number of hydrogen-bond acceptors (Lipinski definition) is 4. The number of aromatic nitrogens is 1. The zero-order valence-corrected chi connectivity index (χ0v) is 16.2. The zero-order chi connectivity index (χ0) is 18.8. The maximum atomic E-state index is 12.8. The first kappa shape index (κ1) is 17.5. The summed E-state index contributed by atoms with van der Waals surface area (Å²) in [6.45, 7) is 5.31. The molecule has 0 amide bonds. The van der Waals surface area contributed by atoms with Gasteiger partial charge in [0.05, 0.1) is 4.53 Å². The lowest BCUT2D eigenvalue weighted by Crippen LogP contribution is -2.42. The van der Waals surface area contributed by atoms with Gasteiger partial charge in [0.1, 0.15) is 13.3 Å². The van der Waals surface area contributed by atoms with Gasteiger partial charge in [0.15, 0.2) is 4.80 Å². The molecule has 1 aliphatic heterocycles. The molecule has 0 saturated heterocycles. The second-order valence-electron chi connectivity index (χ2n) is 6.67. The third kappa shape index (κ3) is 3.64. The van der Waals surface area contributed by atoms with Crippen LogP contribution in [0.15, 0.2) is 64.4 Å². The van der Waals surface area contributed by atoms with Gasteiger partial charge < -0.3 is 4.90 Å². The van der Waals surface area contributed by atoms with Crippen LogP contribution >= 0.6 is 11.3 Å². The summed E-state index contributed by atoms with van der Waals surface area (Å²) < 4.78 is 2.47. The molecule has 4 rings (SSSR count). The first-order chi connectivity index (χ1) is 13.1. The minimum atomic E-state index is 0.0185. The molecule has 0 aliphatic carbocycles. The fourth-order valence-electron chi connectivity index (χ4n) is 3.02. The van der Waals surface area contributed by atoms with Crippen LogP contribution in [0.25, 0.3) is 12.2 Å². The number of fused-ring (bicyclic) bond motifs is 1. The molecule has 0 unspecified atom stereocenters. The fraction of sp³-hybridized carbons (Fsp3) is 0.182. The van der Waals surface area contributed by atoms with Gasteiger partial charge in [-0.15, -0.1) is 0 Å². The van der Waals surface area contributed by atoms with Crippen molar-refractivity contribution in [1.82, 2.24) is 4.57 Å². The van der Waals surface area contributed by atoms with Crippen LogP contribution < -0.4 is 19.8 Å². The Bertz CT molecular complexity index is 1170. The van der Waals surface area contributed by atoms with Crippen LogP contribution in [-0.2, 0) is 6.67 Å². The van der Waals surface area contributed by atoms with E-state index in [0.717, 1.165) is 16.1 Å². The molecule has 0 atom stereocenters. The van der Waals surface area contributed by atoms with Crippen molar-refractivity contribution in [2.75, 3.05) is 11.6 Å². The van der Waals surface area contributed by atoms with E-state index in [4.69, 9.17) is 0 Å². The molecule has 136 valence electrons. The Morgan fingerprint density at radius 3 is 2.67 bits per heavy atom. The summed E-state index contributed by atoms with van der Waals surface area (Å²) in [4.78, 5) is 20.3. The number of anilines is 1. The van der Waals surface area contributed by atoms with E-state index in [-0.39, 0.29) is 5.56 Å². The molecule has 0 spiro atoms. The highest BCUT2D eigenvalue weighted by molar-refractivity contribution is 7.07. The molecular weight excluding hydrogens is 354 g/mol. The molecule has 0 radical (unpaired) electrons. The summed E-state index contributed by atoms with van der Waals surface area (Å²) in [7, 11) is 0. The van der Waals surface area contributed by atoms with Gasteiger partial charge in [-0.2, -0.15) is 0 Å². The van der Waals surface area contributed by atoms with Crippen molar-refractivity contribution in [3.8, 4) is 0 Å². The lowest BCUT2D eigenvalue weighted by atomic mass is 10.1. The second-order valence-corrected chi connectivity index (χ2v) is 7.68. The Kier molecular flexibility index (Phi) is 4.77. The lowest BCUT2D eigenvalue weighted by molar-refractivity contribution is 0.569. The van der Waals surface area contributed by atoms with Crippen LogP contribution in [-0.4, -0.2) is 11.2 Å². The van der Waals surface area contributed by atoms with E-state index in [2.05, 4.69) is 41.9 Å². The summed E-state index contributed by atoms with van der Waals surface area (Å²) in [5.74, 6) is 0. The summed E-state index contributed by atoms with van der Waals surface area (Å²) in [6, 6.07) is 16.4. The molecule has 2 heterocycles. The Labute approximate surface area is 162 Å². The summed E-state index contributed by atoms with van der Waals surface area (Å²) in [6.07, 6.45) is 5.80. The molecule has 4 nitrogen and oxygen atoms in total. The van der Waals surface area contributed by atoms with Crippen molar-refractivity contribution in [1.29, 1.82) is 0 Å². The van der Waals surface area contributed by atoms with Crippen molar-refractivity contribution in [2.45, 2.75) is 20.5 Å². The van der Waals surface area contributed by atoms with Crippen LogP contribution in [0.1, 0.15) is 16.7 Å². The maximum absolute atomic E-state index is 12.8. The van der Waals surface area contributed by atoms with Gasteiger partial charge in [0, 0.05) is 5.69 Å². The van der Waals surface area contributed by atoms with Gasteiger partial charge in [-0.05, 0) is 48.7 Å². The minimum absolute atomic E-state index is 0.0185. The van der Waals surface area contributed by atoms with E-state index >= 15 is 0 Å². The number of rotatable bonds is 3. The predicted molar refractivity (Wildman–Crippen MR) is 113 cm³/mol. The van der Waals surface area contributed by atoms with E-state index in [0.29, 0.717) is 17.9 Å². The van der Waals surface area contributed by atoms with E-state index in [1.807, 2.05) is 48.6 Å². The van der Waals surface area contributed by atoms with E-state index in [1.54, 1.807) is 4.57 Å². The standard InChI is InChI=1S/C22H21N3OS/c1-16-11-12-19(13-17(16)2)24-14-23-22-25(15-24)21(26)20(27-22)10-6-9-18-7-4-3-5-8-18/h3-13H,14-15H2,1-2H3. The quantitative estimate of drug-likeness (QED) is 0.706. The highest BCUT2D eigenvalue weighted by atomic mass is 32.1. The van der Waals surface area contributed by atoms with Gasteiger partial charge in [-0.1, -0.05) is 59.9 Å². The number of thiazole rings is 1. The van der Waals surface area contributed by atoms with Gasteiger partial charge in [-0.3, -0.25) is 9.36 Å². The summed E-state index contributed by atoms with van der Waals surface area (Å²) in [5, 5.41) is 0. The molecule has 3 aromatic rings. The van der Waals surface area contributed by atoms with Crippen molar-refractivity contribution in [3.63, 3.8) is 0 Å². The van der Waals surface area contributed by atoms with Crippen LogP contribution in [0.5, 0.6) is 0 Å². The first-order valence-electron chi connectivity index (χ1n) is 8.91. The van der Waals surface area contributed by atoms with Crippen molar-refractivity contribution >= 4 is 29.2 Å². The van der Waals surface area contributed by atoms with Crippen molar-refractivity contribution in [3.05, 3.63) is 91.0 Å². The minimum Gasteiger partial charge on any atom is -0.334 e. The van der Waals surface area contributed by atoms with Gasteiger partial charge in [0.2, 0.25) is 0 Å².